The summed E-state index contributed by atoms with van der Waals surface area (Å²) in [6.45, 7) is 7.02. The monoisotopic (exact) mass is 255 g/mol. The number of hydrogen-bond donors (Lipinski definition) is 2. The maximum atomic E-state index is 9.65. The molecule has 0 fully saturated rings. The number of phenolic OH excluding ortho intramolecular Hbond substituents is 1. The van der Waals surface area contributed by atoms with Crippen LogP contribution in [0.15, 0.2) is 42.5 Å². The van der Waals surface area contributed by atoms with Crippen molar-refractivity contribution in [2.24, 2.45) is 0 Å². The maximum absolute atomic E-state index is 9.65. The van der Waals surface area contributed by atoms with Gasteiger partial charge in [0.05, 0.1) is 0 Å². The molecule has 0 aromatic heterocycles. The normalized spacial score (nSPS) is 12.2. The molecule has 0 saturated carbocycles. The summed E-state index contributed by atoms with van der Waals surface area (Å²) in [4.78, 5) is 0. The molecule has 2 nitrogen and oxygen atoms in total. The lowest BCUT2D eigenvalue weighted by Gasteiger charge is -2.16. The lowest BCUT2D eigenvalue weighted by molar-refractivity contribution is 0.471. The van der Waals surface area contributed by atoms with E-state index in [0.29, 0.717) is 11.7 Å². The minimum Gasteiger partial charge on any atom is -0.508 e. The predicted molar refractivity (Wildman–Crippen MR) is 80.9 cm³/mol. The predicted octanol–water partition coefficient (Wildman–Crippen LogP) is 4.22. The van der Waals surface area contributed by atoms with Crippen molar-refractivity contribution in [3.05, 3.63) is 59.2 Å². The molecule has 0 aliphatic rings. The highest BCUT2D eigenvalue weighted by Gasteiger charge is 2.07. The van der Waals surface area contributed by atoms with Crippen molar-refractivity contribution in [1.82, 2.24) is 0 Å². The Morgan fingerprint density at radius 3 is 2.42 bits per heavy atom. The van der Waals surface area contributed by atoms with E-state index < -0.39 is 0 Å². The van der Waals surface area contributed by atoms with Crippen molar-refractivity contribution in [3.8, 4) is 5.75 Å². The zero-order chi connectivity index (χ0) is 13.8. The van der Waals surface area contributed by atoms with E-state index in [9.17, 15) is 5.11 Å². The van der Waals surface area contributed by atoms with Gasteiger partial charge in [-0.05, 0) is 48.6 Å². The van der Waals surface area contributed by atoms with Gasteiger partial charge in [-0.1, -0.05) is 37.3 Å². The van der Waals surface area contributed by atoms with Gasteiger partial charge < -0.3 is 10.4 Å². The number of aryl methyl sites for hydroxylation is 2. The fourth-order valence-electron chi connectivity index (χ4n) is 2.15. The molecule has 1 unspecified atom stereocenters. The third-order valence-corrected chi connectivity index (χ3v) is 3.51. The van der Waals surface area contributed by atoms with Crippen LogP contribution in [0.1, 0.15) is 29.5 Å². The van der Waals surface area contributed by atoms with E-state index in [4.69, 9.17) is 0 Å². The number of aromatic hydroxyl groups is 1. The minimum absolute atomic E-state index is 0.360. The summed E-state index contributed by atoms with van der Waals surface area (Å²) in [6.07, 6.45) is 0. The second-order valence-corrected chi connectivity index (χ2v) is 5.15. The number of phenols is 1. The lowest BCUT2D eigenvalue weighted by Crippen LogP contribution is -2.10. The van der Waals surface area contributed by atoms with Gasteiger partial charge in [0.25, 0.3) is 0 Å². The Morgan fingerprint density at radius 2 is 1.74 bits per heavy atom. The molecule has 0 spiro atoms. The Kier molecular flexibility index (Phi) is 4.10. The fourth-order valence-corrected chi connectivity index (χ4v) is 2.15. The number of anilines is 1. The highest BCUT2D eigenvalue weighted by Crippen LogP contribution is 2.25. The molecule has 100 valence electrons. The average molecular weight is 255 g/mol. The van der Waals surface area contributed by atoms with E-state index in [0.717, 1.165) is 23.4 Å². The topological polar surface area (TPSA) is 32.3 Å². The third-order valence-electron chi connectivity index (χ3n) is 3.51. The van der Waals surface area contributed by atoms with Crippen molar-refractivity contribution in [2.45, 2.75) is 26.7 Å². The van der Waals surface area contributed by atoms with Crippen molar-refractivity contribution >= 4 is 5.69 Å². The van der Waals surface area contributed by atoms with Gasteiger partial charge in [0.2, 0.25) is 0 Å². The molecule has 0 amide bonds. The summed E-state index contributed by atoms with van der Waals surface area (Å²) < 4.78 is 0. The first-order chi connectivity index (χ1) is 9.08. The van der Waals surface area contributed by atoms with Gasteiger partial charge in [-0.25, -0.2) is 0 Å². The van der Waals surface area contributed by atoms with Crippen molar-refractivity contribution in [2.75, 3.05) is 11.9 Å². The molecule has 2 rings (SSSR count). The van der Waals surface area contributed by atoms with Crippen LogP contribution in [0.3, 0.4) is 0 Å². The molecule has 2 aromatic rings. The minimum atomic E-state index is 0.360. The highest BCUT2D eigenvalue weighted by atomic mass is 16.3. The summed E-state index contributed by atoms with van der Waals surface area (Å²) in [5.74, 6) is 0.814. The summed E-state index contributed by atoms with van der Waals surface area (Å²) >= 11 is 0. The SMILES string of the molecule is Cc1cc(NCC(C)c2ccccc2)c(C)cc1O. The van der Waals surface area contributed by atoms with Crippen molar-refractivity contribution in [1.29, 1.82) is 0 Å². The van der Waals surface area contributed by atoms with Crippen LogP contribution in [0, 0.1) is 13.8 Å². The number of rotatable bonds is 4. The van der Waals surface area contributed by atoms with E-state index in [1.54, 1.807) is 0 Å². The van der Waals surface area contributed by atoms with Crippen LogP contribution < -0.4 is 5.32 Å². The zero-order valence-electron chi connectivity index (χ0n) is 11.8. The van der Waals surface area contributed by atoms with Crippen LogP contribution in [0.25, 0.3) is 0 Å². The molecule has 19 heavy (non-hydrogen) atoms. The first-order valence-corrected chi connectivity index (χ1v) is 6.67. The van der Waals surface area contributed by atoms with Gasteiger partial charge in [0.15, 0.2) is 0 Å². The zero-order valence-corrected chi connectivity index (χ0v) is 11.8. The summed E-state index contributed by atoms with van der Waals surface area (Å²) in [5.41, 5.74) is 4.41. The van der Waals surface area contributed by atoms with Gasteiger partial charge >= 0.3 is 0 Å². The van der Waals surface area contributed by atoms with Gasteiger partial charge in [-0.2, -0.15) is 0 Å². The Labute approximate surface area is 115 Å². The molecule has 2 heteroatoms. The van der Waals surface area contributed by atoms with Crippen molar-refractivity contribution in [3.63, 3.8) is 0 Å². The second-order valence-electron chi connectivity index (χ2n) is 5.15. The second kappa shape index (κ2) is 5.79. The molecule has 0 aliphatic heterocycles. The van der Waals surface area contributed by atoms with E-state index in [1.165, 1.54) is 5.56 Å². The number of nitrogens with one attached hydrogen (secondary N) is 1. The molecule has 0 heterocycles. The molecular formula is C17H21NO. The third kappa shape index (κ3) is 3.28. The maximum Gasteiger partial charge on any atom is 0.118 e. The van der Waals surface area contributed by atoms with E-state index in [1.807, 2.05) is 32.0 Å². The first-order valence-electron chi connectivity index (χ1n) is 6.67. The van der Waals surface area contributed by atoms with Crippen molar-refractivity contribution < 1.29 is 5.11 Å². The molecule has 0 radical (unpaired) electrons. The van der Waals surface area contributed by atoms with Gasteiger partial charge in [-0.3, -0.25) is 0 Å². The smallest absolute Gasteiger partial charge is 0.118 e. The van der Waals surface area contributed by atoms with Crippen LogP contribution >= 0.6 is 0 Å². The number of hydrogen-bond acceptors (Lipinski definition) is 2. The Hall–Kier alpha value is -1.96. The van der Waals surface area contributed by atoms with Gasteiger partial charge in [-0.15, -0.1) is 0 Å². The lowest BCUT2D eigenvalue weighted by atomic mass is 10.0. The van der Waals surface area contributed by atoms with Crippen LogP contribution in [-0.4, -0.2) is 11.7 Å². The Morgan fingerprint density at radius 1 is 1.05 bits per heavy atom. The molecule has 0 aliphatic carbocycles. The first kappa shape index (κ1) is 13.5. The highest BCUT2D eigenvalue weighted by molar-refractivity contribution is 5.56. The molecule has 0 saturated heterocycles. The average Bonchev–Trinajstić information content (AvgIpc) is 2.42. The Balaban J connectivity index is 2.05. The van der Waals surface area contributed by atoms with Crippen LogP contribution in [0.2, 0.25) is 0 Å². The molecule has 2 N–H and O–H groups in total. The molecule has 2 aromatic carbocycles. The van der Waals surface area contributed by atoms with Crippen LogP contribution in [-0.2, 0) is 0 Å². The van der Waals surface area contributed by atoms with Crippen LogP contribution in [0.4, 0.5) is 5.69 Å². The van der Waals surface area contributed by atoms with Crippen LogP contribution in [0.5, 0.6) is 5.75 Å². The quantitative estimate of drug-likeness (QED) is 0.801. The van der Waals surface area contributed by atoms with E-state index in [2.05, 4.69) is 36.5 Å². The standard InChI is InChI=1S/C17H21NO/c1-12-10-17(19)13(2)9-16(12)18-11-14(3)15-7-5-4-6-8-15/h4-10,14,18-19H,11H2,1-3H3. The molecule has 1 atom stereocenters. The fraction of sp³-hybridized carbons (Fsp3) is 0.294. The summed E-state index contributed by atoms with van der Waals surface area (Å²) in [7, 11) is 0. The summed E-state index contributed by atoms with van der Waals surface area (Å²) in [5, 5.41) is 13.1. The molecular weight excluding hydrogens is 234 g/mol. The van der Waals surface area contributed by atoms with Gasteiger partial charge in [0.1, 0.15) is 5.75 Å². The molecule has 0 bridgehead atoms. The number of benzene rings is 2. The van der Waals surface area contributed by atoms with E-state index >= 15 is 0 Å². The van der Waals surface area contributed by atoms with E-state index in [-0.39, 0.29) is 0 Å². The summed E-state index contributed by atoms with van der Waals surface area (Å²) in [6, 6.07) is 14.3. The van der Waals surface area contributed by atoms with Gasteiger partial charge in [0, 0.05) is 12.2 Å². The largest absolute Gasteiger partial charge is 0.508 e. The Bertz CT molecular complexity index is 549.